The second-order valence-corrected chi connectivity index (χ2v) is 5.51. The summed E-state index contributed by atoms with van der Waals surface area (Å²) in [4.78, 5) is 29.8. The molecule has 19 heavy (non-hydrogen) atoms. The van der Waals surface area contributed by atoms with Crippen LogP contribution in [0.2, 0.25) is 0 Å². The van der Waals surface area contributed by atoms with Crippen molar-refractivity contribution in [2.45, 2.75) is 20.8 Å². The van der Waals surface area contributed by atoms with E-state index in [1.165, 1.54) is 6.92 Å². The first-order chi connectivity index (χ1) is 8.90. The number of piperidine rings is 1. The number of likely N-dealkylation sites (tertiary alicyclic amines) is 1. The van der Waals surface area contributed by atoms with Gasteiger partial charge in [0.15, 0.2) is 5.78 Å². The molecule has 0 bridgehead atoms. The smallest absolute Gasteiger partial charge is 0.219 e. The van der Waals surface area contributed by atoms with Gasteiger partial charge in [0.1, 0.15) is 0 Å². The third-order valence-corrected chi connectivity index (χ3v) is 3.31. The largest absolute Gasteiger partial charge is 0.337 e. The molecule has 0 radical (unpaired) electrons. The van der Waals surface area contributed by atoms with Crippen molar-refractivity contribution in [1.82, 2.24) is 9.88 Å². The second kappa shape index (κ2) is 4.96. The quantitative estimate of drug-likeness (QED) is 0.723. The summed E-state index contributed by atoms with van der Waals surface area (Å²) in [5.41, 5.74) is 0.849. The van der Waals surface area contributed by atoms with Crippen LogP contribution in [0, 0.1) is 5.41 Å². The molecule has 0 atom stereocenters. The van der Waals surface area contributed by atoms with E-state index in [9.17, 15) is 9.59 Å². The van der Waals surface area contributed by atoms with E-state index >= 15 is 0 Å². The fourth-order valence-electron chi connectivity index (χ4n) is 2.29. The number of hydrogen-bond acceptors (Lipinski definition) is 3. The molecule has 100 valence electrons. The molecule has 2 heterocycles. The Kier molecular flexibility index (Phi) is 3.51. The number of ketones is 1. The van der Waals surface area contributed by atoms with E-state index in [0.717, 1.165) is 5.69 Å². The minimum absolute atomic E-state index is 0.00695. The molecule has 1 saturated heterocycles. The highest BCUT2D eigenvalue weighted by Gasteiger charge is 2.38. The van der Waals surface area contributed by atoms with Crippen LogP contribution in [0.3, 0.4) is 0 Å². The maximum absolute atomic E-state index is 12.4. The molecule has 0 N–H and O–H groups in total. The number of hydrogen-bond donors (Lipinski definition) is 0. The van der Waals surface area contributed by atoms with Crippen molar-refractivity contribution < 1.29 is 9.59 Å². The predicted molar refractivity (Wildman–Crippen MR) is 73.3 cm³/mol. The van der Waals surface area contributed by atoms with E-state index in [0.29, 0.717) is 18.7 Å². The Morgan fingerprint density at radius 3 is 2.74 bits per heavy atom. The lowest BCUT2D eigenvalue weighted by Crippen LogP contribution is -2.49. The van der Waals surface area contributed by atoms with Crippen molar-refractivity contribution in [3.63, 3.8) is 0 Å². The molecule has 2 rings (SSSR count). The second-order valence-electron chi connectivity index (χ2n) is 5.51. The summed E-state index contributed by atoms with van der Waals surface area (Å²) in [6, 6.07) is 5.55. The van der Waals surface area contributed by atoms with E-state index in [1.54, 1.807) is 17.2 Å². The van der Waals surface area contributed by atoms with Crippen LogP contribution in [0.15, 0.2) is 30.0 Å². The summed E-state index contributed by atoms with van der Waals surface area (Å²) in [5, 5.41) is 0. The lowest BCUT2D eigenvalue weighted by Gasteiger charge is -2.37. The first-order valence-corrected chi connectivity index (χ1v) is 6.32. The third kappa shape index (κ3) is 2.89. The summed E-state index contributed by atoms with van der Waals surface area (Å²) in [6.45, 7) is 6.12. The van der Waals surface area contributed by atoms with E-state index in [-0.39, 0.29) is 11.7 Å². The topological polar surface area (TPSA) is 50.3 Å². The molecule has 0 saturated carbocycles. The monoisotopic (exact) mass is 258 g/mol. The highest BCUT2D eigenvalue weighted by atomic mass is 16.2. The average Bonchev–Trinajstić information content (AvgIpc) is 2.35. The van der Waals surface area contributed by atoms with Crippen LogP contribution in [0.1, 0.15) is 26.5 Å². The normalized spacial score (nSPS) is 20.7. The Morgan fingerprint density at radius 2 is 2.16 bits per heavy atom. The van der Waals surface area contributed by atoms with Crippen molar-refractivity contribution in [2.75, 3.05) is 13.1 Å². The van der Waals surface area contributed by atoms with Gasteiger partial charge in [-0.25, -0.2) is 0 Å². The number of nitrogens with zero attached hydrogens (tertiary/aromatic N) is 2. The summed E-state index contributed by atoms with van der Waals surface area (Å²) in [6.07, 6.45) is 3.47. The van der Waals surface area contributed by atoms with Gasteiger partial charge in [0, 0.05) is 37.2 Å². The first-order valence-electron chi connectivity index (χ1n) is 6.32. The molecule has 0 spiro atoms. The Hall–Kier alpha value is -1.97. The lowest BCUT2D eigenvalue weighted by molar-refractivity contribution is -0.135. The molecule has 1 amide bonds. The fourth-order valence-corrected chi connectivity index (χ4v) is 2.29. The van der Waals surface area contributed by atoms with Gasteiger partial charge in [0.25, 0.3) is 0 Å². The molecule has 1 aliphatic heterocycles. The Bertz CT molecular complexity index is 532. The Morgan fingerprint density at radius 1 is 1.42 bits per heavy atom. The van der Waals surface area contributed by atoms with E-state index in [4.69, 9.17) is 0 Å². The highest BCUT2D eigenvalue weighted by Crippen LogP contribution is 2.29. The van der Waals surface area contributed by atoms with Gasteiger partial charge in [-0.1, -0.05) is 19.9 Å². The number of amides is 1. The van der Waals surface area contributed by atoms with Gasteiger partial charge in [0.2, 0.25) is 5.91 Å². The minimum atomic E-state index is -0.537. The summed E-state index contributed by atoms with van der Waals surface area (Å²) >= 11 is 0. The van der Waals surface area contributed by atoms with Crippen molar-refractivity contribution in [2.24, 2.45) is 5.41 Å². The van der Waals surface area contributed by atoms with E-state index in [1.807, 2.05) is 32.0 Å². The van der Waals surface area contributed by atoms with Crippen molar-refractivity contribution >= 4 is 17.8 Å². The zero-order chi connectivity index (χ0) is 14.0. The van der Waals surface area contributed by atoms with Gasteiger partial charge in [0.05, 0.1) is 5.69 Å². The molecule has 1 fully saturated rings. The van der Waals surface area contributed by atoms with Gasteiger partial charge >= 0.3 is 0 Å². The van der Waals surface area contributed by atoms with Crippen LogP contribution >= 0.6 is 0 Å². The number of carbonyl (C=O) groups is 2. The zero-order valence-corrected chi connectivity index (χ0v) is 11.5. The molecule has 0 unspecified atom stereocenters. The van der Waals surface area contributed by atoms with Crippen molar-refractivity contribution in [3.8, 4) is 0 Å². The molecular formula is C15H18N2O2. The van der Waals surface area contributed by atoms with Gasteiger partial charge in [-0.2, -0.15) is 0 Å². The van der Waals surface area contributed by atoms with Gasteiger partial charge in [-0.15, -0.1) is 0 Å². The predicted octanol–water partition coefficient (Wildman–Crippen LogP) is 1.92. The van der Waals surface area contributed by atoms with Crippen LogP contribution in [-0.4, -0.2) is 34.7 Å². The van der Waals surface area contributed by atoms with Crippen molar-refractivity contribution in [1.29, 1.82) is 0 Å². The summed E-state index contributed by atoms with van der Waals surface area (Å²) in [7, 11) is 0. The van der Waals surface area contributed by atoms with Crippen LogP contribution in [0.4, 0.5) is 0 Å². The minimum Gasteiger partial charge on any atom is -0.337 e. The van der Waals surface area contributed by atoms with Crippen LogP contribution in [0.5, 0.6) is 0 Å². The Balaban J connectivity index is 2.35. The van der Waals surface area contributed by atoms with Gasteiger partial charge in [-0.3, -0.25) is 14.6 Å². The molecule has 1 aliphatic rings. The van der Waals surface area contributed by atoms with Gasteiger partial charge < -0.3 is 4.90 Å². The third-order valence-electron chi connectivity index (χ3n) is 3.31. The first kappa shape index (κ1) is 13.5. The number of rotatable bonds is 1. The Labute approximate surface area is 113 Å². The standard InChI is InChI=1S/C15H18N2O2/c1-11(18)17-9-12(14(19)15(2,3)10-17)8-13-6-4-5-7-16-13/h4-8H,9-10H2,1-3H3/b12-8-. The zero-order valence-electron chi connectivity index (χ0n) is 11.5. The lowest BCUT2D eigenvalue weighted by atomic mass is 9.80. The molecule has 0 aromatic carbocycles. The molecular weight excluding hydrogens is 240 g/mol. The van der Waals surface area contributed by atoms with Crippen LogP contribution < -0.4 is 0 Å². The molecule has 4 nitrogen and oxygen atoms in total. The average molecular weight is 258 g/mol. The molecule has 4 heteroatoms. The van der Waals surface area contributed by atoms with E-state index < -0.39 is 5.41 Å². The number of aromatic nitrogens is 1. The van der Waals surface area contributed by atoms with E-state index in [2.05, 4.69) is 4.98 Å². The number of Topliss-reactive ketones (excluding diaryl/α,β-unsaturated/α-hetero) is 1. The van der Waals surface area contributed by atoms with Crippen molar-refractivity contribution in [3.05, 3.63) is 35.7 Å². The van der Waals surface area contributed by atoms with Crippen LogP contribution in [-0.2, 0) is 9.59 Å². The number of carbonyl (C=O) groups excluding carboxylic acids is 2. The van der Waals surface area contributed by atoms with Gasteiger partial charge in [-0.05, 0) is 18.2 Å². The van der Waals surface area contributed by atoms with Crippen LogP contribution in [0.25, 0.3) is 6.08 Å². The molecule has 1 aromatic heterocycles. The number of pyridine rings is 1. The summed E-state index contributed by atoms with van der Waals surface area (Å²) in [5.74, 6) is 0.0862. The highest BCUT2D eigenvalue weighted by molar-refractivity contribution is 6.05. The summed E-state index contributed by atoms with van der Waals surface area (Å²) < 4.78 is 0. The fraction of sp³-hybridized carbons (Fsp3) is 0.400. The molecule has 0 aliphatic carbocycles. The molecule has 1 aromatic rings. The SMILES string of the molecule is CC(=O)N1C/C(=C/c2ccccn2)C(=O)C(C)(C)C1. The maximum Gasteiger partial charge on any atom is 0.219 e. The maximum atomic E-state index is 12.4.